The molecule has 1 rings (SSSR count). The summed E-state index contributed by atoms with van der Waals surface area (Å²) in [6, 6.07) is 2.70. The lowest BCUT2D eigenvalue weighted by atomic mass is 10.1. The highest BCUT2D eigenvalue weighted by Gasteiger charge is 2.13. The Balaban J connectivity index is 2.67. The fourth-order valence-corrected chi connectivity index (χ4v) is 2.84. The van der Waals surface area contributed by atoms with Crippen LogP contribution in [0.1, 0.15) is 43.2 Å². The second kappa shape index (κ2) is 6.66. The van der Waals surface area contributed by atoms with Crippen LogP contribution in [0.15, 0.2) is 11.4 Å². The first-order valence-electron chi connectivity index (χ1n) is 5.46. The third-order valence-electron chi connectivity index (χ3n) is 2.56. The first-order valence-corrected chi connectivity index (χ1v) is 6.34. The van der Waals surface area contributed by atoms with E-state index in [2.05, 4.69) is 35.5 Å². The van der Waals surface area contributed by atoms with Crippen LogP contribution in [0.2, 0.25) is 0 Å². The van der Waals surface area contributed by atoms with Crippen LogP contribution >= 0.6 is 11.3 Å². The Bertz CT molecular complexity index is 343. The zero-order valence-corrected chi connectivity index (χ0v) is 10.6. The summed E-state index contributed by atoms with van der Waals surface area (Å²) in [4.78, 5) is 1.48. The van der Waals surface area contributed by atoms with Crippen LogP contribution in [0.25, 0.3) is 0 Å². The van der Waals surface area contributed by atoms with Crippen molar-refractivity contribution in [1.82, 2.24) is 5.32 Å². The van der Waals surface area contributed by atoms with Crippen molar-refractivity contribution in [2.24, 2.45) is 0 Å². The molecule has 0 amide bonds. The fraction of sp³-hybridized carbons (Fsp3) is 0.538. The molecule has 0 saturated carbocycles. The Morgan fingerprint density at radius 1 is 1.53 bits per heavy atom. The number of aryl methyl sites for hydroxylation is 1. The van der Waals surface area contributed by atoms with E-state index >= 15 is 0 Å². The first kappa shape index (κ1) is 12.3. The lowest BCUT2D eigenvalue weighted by molar-refractivity contribution is 0.563. The minimum Gasteiger partial charge on any atom is -0.312 e. The molecule has 0 aromatic carbocycles. The minimum atomic E-state index is 0.473. The van der Waals surface area contributed by atoms with Gasteiger partial charge in [-0.05, 0) is 43.8 Å². The number of rotatable bonds is 5. The molecule has 0 bridgehead atoms. The number of hydrogen-bond donors (Lipinski definition) is 1. The molecule has 1 aromatic rings. The van der Waals surface area contributed by atoms with Gasteiger partial charge >= 0.3 is 0 Å². The van der Waals surface area contributed by atoms with Crippen molar-refractivity contribution in [2.75, 3.05) is 7.05 Å². The summed E-state index contributed by atoms with van der Waals surface area (Å²) < 4.78 is 0. The van der Waals surface area contributed by atoms with Gasteiger partial charge in [0, 0.05) is 17.3 Å². The van der Waals surface area contributed by atoms with Gasteiger partial charge in [0.15, 0.2) is 0 Å². The summed E-state index contributed by atoms with van der Waals surface area (Å²) in [7, 11) is 2.03. The van der Waals surface area contributed by atoms with E-state index in [4.69, 9.17) is 0 Å². The fourth-order valence-electron chi connectivity index (χ4n) is 1.69. The van der Waals surface area contributed by atoms with Gasteiger partial charge in [-0.3, -0.25) is 0 Å². The maximum Gasteiger partial charge on any atom is 0.0424 e. The van der Waals surface area contributed by atoms with E-state index in [1.54, 1.807) is 0 Å². The third-order valence-corrected chi connectivity index (χ3v) is 3.63. The zero-order valence-electron chi connectivity index (χ0n) is 9.76. The van der Waals surface area contributed by atoms with Crippen molar-refractivity contribution in [2.45, 2.75) is 39.2 Å². The van der Waals surface area contributed by atoms with Gasteiger partial charge < -0.3 is 5.32 Å². The molecule has 82 valence electrons. The standard InChI is InChI=1S/C13H19NS/c1-4-6-7-8-12(14-3)13-11(5-2)9-10-15-13/h9-10,12,14H,5,7-8H2,1-3H3. The van der Waals surface area contributed by atoms with Crippen molar-refractivity contribution in [3.8, 4) is 11.8 Å². The van der Waals surface area contributed by atoms with E-state index in [9.17, 15) is 0 Å². The van der Waals surface area contributed by atoms with Gasteiger partial charge in [-0.2, -0.15) is 0 Å². The minimum absolute atomic E-state index is 0.473. The highest BCUT2D eigenvalue weighted by Crippen LogP contribution is 2.27. The summed E-state index contributed by atoms with van der Waals surface area (Å²) in [6.07, 6.45) is 3.20. The molecule has 1 heterocycles. The second-order valence-corrected chi connectivity index (χ2v) is 4.42. The quantitative estimate of drug-likeness (QED) is 0.752. The summed E-state index contributed by atoms with van der Waals surface area (Å²) in [5.74, 6) is 6.07. The van der Waals surface area contributed by atoms with Crippen molar-refractivity contribution >= 4 is 11.3 Å². The smallest absolute Gasteiger partial charge is 0.0424 e. The molecule has 1 N–H and O–H groups in total. The highest BCUT2D eigenvalue weighted by molar-refractivity contribution is 7.10. The van der Waals surface area contributed by atoms with Gasteiger partial charge in [-0.25, -0.2) is 0 Å². The summed E-state index contributed by atoms with van der Waals surface area (Å²) >= 11 is 1.85. The Kier molecular flexibility index (Phi) is 5.45. The van der Waals surface area contributed by atoms with Crippen LogP contribution in [-0.2, 0) is 6.42 Å². The van der Waals surface area contributed by atoms with Crippen molar-refractivity contribution < 1.29 is 0 Å². The van der Waals surface area contributed by atoms with Crippen molar-refractivity contribution in [3.05, 3.63) is 21.9 Å². The Labute approximate surface area is 96.9 Å². The molecule has 2 heteroatoms. The average molecular weight is 221 g/mol. The van der Waals surface area contributed by atoms with Crippen molar-refractivity contribution in [1.29, 1.82) is 0 Å². The molecule has 0 aliphatic carbocycles. The van der Waals surface area contributed by atoms with Gasteiger partial charge in [-0.1, -0.05) is 6.92 Å². The molecular weight excluding hydrogens is 202 g/mol. The SMILES string of the molecule is CC#CCCC(NC)c1sccc1CC. The van der Waals surface area contributed by atoms with E-state index in [0.29, 0.717) is 6.04 Å². The van der Waals surface area contributed by atoms with Gasteiger partial charge in [-0.15, -0.1) is 23.2 Å². The molecule has 1 aromatic heterocycles. The topological polar surface area (TPSA) is 12.0 Å². The lowest BCUT2D eigenvalue weighted by Gasteiger charge is -2.14. The predicted molar refractivity (Wildman–Crippen MR) is 68.2 cm³/mol. The molecule has 1 unspecified atom stereocenters. The molecule has 0 saturated heterocycles. The average Bonchev–Trinajstić information content (AvgIpc) is 2.72. The van der Waals surface area contributed by atoms with Gasteiger partial charge in [0.1, 0.15) is 0 Å². The van der Waals surface area contributed by atoms with Gasteiger partial charge in [0.25, 0.3) is 0 Å². The Hall–Kier alpha value is -0.780. The highest BCUT2D eigenvalue weighted by atomic mass is 32.1. The molecule has 15 heavy (non-hydrogen) atoms. The molecular formula is C13H19NS. The summed E-state index contributed by atoms with van der Waals surface area (Å²) in [5.41, 5.74) is 1.48. The van der Waals surface area contributed by atoms with E-state index < -0.39 is 0 Å². The normalized spacial score (nSPS) is 11.9. The molecule has 0 spiro atoms. The van der Waals surface area contributed by atoms with E-state index in [0.717, 1.165) is 19.3 Å². The van der Waals surface area contributed by atoms with Crippen LogP contribution in [0.4, 0.5) is 0 Å². The summed E-state index contributed by atoms with van der Waals surface area (Å²) in [6.45, 7) is 4.11. The largest absolute Gasteiger partial charge is 0.312 e. The maximum atomic E-state index is 3.38. The van der Waals surface area contributed by atoms with Gasteiger partial charge in [0.05, 0.1) is 0 Å². The van der Waals surface area contributed by atoms with Crippen LogP contribution in [-0.4, -0.2) is 7.05 Å². The monoisotopic (exact) mass is 221 g/mol. The van der Waals surface area contributed by atoms with Gasteiger partial charge in [0.2, 0.25) is 0 Å². The summed E-state index contributed by atoms with van der Waals surface area (Å²) in [5, 5.41) is 5.57. The van der Waals surface area contributed by atoms with Crippen molar-refractivity contribution in [3.63, 3.8) is 0 Å². The van der Waals surface area contributed by atoms with E-state index in [-0.39, 0.29) is 0 Å². The molecule has 0 aliphatic rings. The first-order chi connectivity index (χ1) is 7.33. The molecule has 0 fully saturated rings. The van der Waals surface area contributed by atoms with E-state index in [1.807, 2.05) is 25.3 Å². The molecule has 0 aliphatic heterocycles. The molecule has 1 nitrogen and oxygen atoms in total. The van der Waals surface area contributed by atoms with Crippen LogP contribution < -0.4 is 5.32 Å². The second-order valence-electron chi connectivity index (χ2n) is 3.47. The zero-order chi connectivity index (χ0) is 11.1. The van der Waals surface area contributed by atoms with E-state index in [1.165, 1.54) is 10.4 Å². The Morgan fingerprint density at radius 2 is 2.33 bits per heavy atom. The number of hydrogen-bond acceptors (Lipinski definition) is 2. The van der Waals surface area contributed by atoms with Crippen LogP contribution in [0.3, 0.4) is 0 Å². The molecule has 0 radical (unpaired) electrons. The maximum absolute atomic E-state index is 3.38. The molecule has 1 atom stereocenters. The lowest BCUT2D eigenvalue weighted by Crippen LogP contribution is -2.16. The van der Waals surface area contributed by atoms with Crippen LogP contribution in [0.5, 0.6) is 0 Å². The number of nitrogens with one attached hydrogen (secondary N) is 1. The predicted octanol–water partition coefficient (Wildman–Crippen LogP) is 3.37. The Morgan fingerprint density at radius 3 is 2.93 bits per heavy atom. The van der Waals surface area contributed by atoms with Crippen LogP contribution in [0, 0.1) is 11.8 Å². The third kappa shape index (κ3) is 3.37. The number of thiophene rings is 1.